The standard InChI is InChI=1S/C32H23N3O4/c1-19-12-13-25-22(16-19)28(36)27-29(39-25)30(37)35(26-17-20(2)14-15-33-26)32(27)23-10-6-7-11-24(23)34(31(32)38)18-21-8-4-3-5-9-21/h3-17H,18H2,1-2H3. The first-order valence-electron chi connectivity index (χ1n) is 12.7. The van der Waals surface area contributed by atoms with Crippen LogP contribution in [0, 0.1) is 13.8 Å². The molecule has 7 heteroatoms. The molecule has 3 aromatic carbocycles. The zero-order valence-electron chi connectivity index (χ0n) is 21.3. The lowest BCUT2D eigenvalue weighted by molar-refractivity contribution is -0.121. The van der Waals surface area contributed by atoms with E-state index in [1.54, 1.807) is 29.3 Å². The second kappa shape index (κ2) is 8.23. The Balaban J connectivity index is 1.58. The third-order valence-corrected chi connectivity index (χ3v) is 7.59. The van der Waals surface area contributed by atoms with E-state index in [9.17, 15) is 14.4 Å². The number of fused-ring (bicyclic) bond motifs is 5. The number of anilines is 2. The fraction of sp³-hybridized carbons (Fsp3) is 0.125. The molecule has 0 saturated carbocycles. The van der Waals surface area contributed by atoms with Crippen molar-refractivity contribution in [2.45, 2.75) is 25.9 Å². The summed E-state index contributed by atoms with van der Waals surface area (Å²) in [4.78, 5) is 50.9. The van der Waals surface area contributed by atoms with Gasteiger partial charge in [-0.3, -0.25) is 19.3 Å². The quantitative estimate of drug-likeness (QED) is 0.329. The number of aromatic nitrogens is 1. The fourth-order valence-corrected chi connectivity index (χ4v) is 5.89. The van der Waals surface area contributed by atoms with Gasteiger partial charge in [0.1, 0.15) is 11.4 Å². The second-order valence-electron chi connectivity index (χ2n) is 10.1. The zero-order valence-corrected chi connectivity index (χ0v) is 21.3. The fourth-order valence-electron chi connectivity index (χ4n) is 5.89. The molecule has 0 radical (unpaired) electrons. The Morgan fingerprint density at radius 3 is 2.38 bits per heavy atom. The smallest absolute Gasteiger partial charge is 0.297 e. The third-order valence-electron chi connectivity index (χ3n) is 7.59. The van der Waals surface area contributed by atoms with Crippen LogP contribution in [0.15, 0.2) is 100 Å². The number of benzene rings is 3. The van der Waals surface area contributed by atoms with Gasteiger partial charge in [0, 0.05) is 11.8 Å². The van der Waals surface area contributed by atoms with Crippen molar-refractivity contribution in [3.8, 4) is 0 Å². The van der Waals surface area contributed by atoms with Gasteiger partial charge in [-0.1, -0.05) is 60.2 Å². The second-order valence-corrected chi connectivity index (χ2v) is 10.1. The molecule has 7 rings (SSSR count). The van der Waals surface area contributed by atoms with Crippen LogP contribution in [0.2, 0.25) is 0 Å². The van der Waals surface area contributed by atoms with E-state index < -0.39 is 22.8 Å². The Bertz CT molecular complexity index is 1900. The number of hydrogen-bond donors (Lipinski definition) is 0. The third kappa shape index (κ3) is 3.10. The average Bonchev–Trinajstić information content (AvgIpc) is 3.34. The number of aryl methyl sites for hydroxylation is 2. The molecule has 0 aliphatic carbocycles. The van der Waals surface area contributed by atoms with E-state index in [-0.39, 0.29) is 23.7 Å². The largest absolute Gasteiger partial charge is 0.450 e. The van der Waals surface area contributed by atoms with Crippen LogP contribution in [-0.4, -0.2) is 16.8 Å². The van der Waals surface area contributed by atoms with Crippen molar-refractivity contribution in [1.29, 1.82) is 0 Å². The topological polar surface area (TPSA) is 83.7 Å². The summed E-state index contributed by atoms with van der Waals surface area (Å²) >= 11 is 0. The van der Waals surface area contributed by atoms with Crippen LogP contribution in [0.1, 0.15) is 38.4 Å². The van der Waals surface area contributed by atoms with Crippen molar-refractivity contribution < 1.29 is 14.0 Å². The van der Waals surface area contributed by atoms with Gasteiger partial charge in [-0.05, 0) is 55.3 Å². The Kier molecular flexibility index (Phi) is 4.88. The molecule has 1 spiro atoms. The molecule has 39 heavy (non-hydrogen) atoms. The molecule has 2 aromatic heterocycles. The van der Waals surface area contributed by atoms with E-state index in [1.807, 2.05) is 80.6 Å². The highest BCUT2D eigenvalue weighted by atomic mass is 16.3. The molecule has 190 valence electrons. The Morgan fingerprint density at radius 1 is 0.846 bits per heavy atom. The Labute approximate surface area is 223 Å². The summed E-state index contributed by atoms with van der Waals surface area (Å²) in [5.74, 6) is -0.838. The highest BCUT2D eigenvalue weighted by Gasteiger charge is 2.66. The predicted molar refractivity (Wildman–Crippen MR) is 148 cm³/mol. The number of para-hydroxylation sites is 1. The summed E-state index contributed by atoms with van der Waals surface area (Å²) in [6.07, 6.45) is 1.59. The molecule has 7 nitrogen and oxygen atoms in total. The molecule has 0 bridgehead atoms. The maximum Gasteiger partial charge on any atom is 0.297 e. The van der Waals surface area contributed by atoms with Gasteiger partial charge >= 0.3 is 0 Å². The van der Waals surface area contributed by atoms with Gasteiger partial charge < -0.3 is 9.32 Å². The van der Waals surface area contributed by atoms with Crippen LogP contribution in [0.3, 0.4) is 0 Å². The minimum atomic E-state index is -1.77. The molecule has 2 amide bonds. The van der Waals surface area contributed by atoms with Gasteiger partial charge in [0.2, 0.25) is 5.76 Å². The maximum absolute atomic E-state index is 14.8. The number of nitrogens with zero attached hydrogens (tertiary/aromatic N) is 3. The summed E-state index contributed by atoms with van der Waals surface area (Å²) in [6.45, 7) is 4.04. The molecule has 5 aromatic rings. The SMILES string of the molecule is Cc1ccnc(N2C(=O)c3oc4ccc(C)cc4c(=O)c3C23C(=O)N(Cc2ccccc2)c2ccccc23)c1. The first kappa shape index (κ1) is 23.1. The summed E-state index contributed by atoms with van der Waals surface area (Å²) in [5, 5.41) is 0.326. The minimum Gasteiger partial charge on any atom is -0.450 e. The maximum atomic E-state index is 14.8. The lowest BCUT2D eigenvalue weighted by Crippen LogP contribution is -2.54. The summed E-state index contributed by atoms with van der Waals surface area (Å²) in [7, 11) is 0. The summed E-state index contributed by atoms with van der Waals surface area (Å²) in [5.41, 5.74) is 1.99. The lowest BCUT2D eigenvalue weighted by atomic mass is 9.84. The number of carbonyl (C=O) groups excluding carboxylic acids is 2. The predicted octanol–water partition coefficient (Wildman–Crippen LogP) is 5.26. The van der Waals surface area contributed by atoms with E-state index in [0.717, 1.165) is 16.7 Å². The first-order valence-corrected chi connectivity index (χ1v) is 12.7. The average molecular weight is 514 g/mol. The summed E-state index contributed by atoms with van der Waals surface area (Å²) in [6, 6.07) is 25.8. The van der Waals surface area contributed by atoms with E-state index in [0.29, 0.717) is 22.2 Å². The minimum absolute atomic E-state index is 0.0296. The van der Waals surface area contributed by atoms with Crippen molar-refractivity contribution in [3.05, 3.63) is 135 Å². The monoisotopic (exact) mass is 513 g/mol. The van der Waals surface area contributed by atoms with Crippen LogP contribution in [-0.2, 0) is 16.9 Å². The lowest BCUT2D eigenvalue weighted by Gasteiger charge is -2.33. The van der Waals surface area contributed by atoms with Gasteiger partial charge in [0.25, 0.3) is 11.8 Å². The molecule has 0 N–H and O–H groups in total. The molecule has 2 aliphatic rings. The molecule has 0 saturated heterocycles. The molecule has 4 heterocycles. The molecule has 1 unspecified atom stereocenters. The van der Waals surface area contributed by atoms with Crippen molar-refractivity contribution >= 4 is 34.3 Å². The van der Waals surface area contributed by atoms with Gasteiger partial charge in [0.05, 0.1) is 23.2 Å². The van der Waals surface area contributed by atoms with Crippen LogP contribution < -0.4 is 15.2 Å². The normalized spacial score (nSPS) is 17.8. The first-order chi connectivity index (χ1) is 18.9. The van der Waals surface area contributed by atoms with Crippen LogP contribution in [0.25, 0.3) is 11.0 Å². The number of amides is 2. The van der Waals surface area contributed by atoms with E-state index in [4.69, 9.17) is 4.42 Å². The number of rotatable bonds is 3. The zero-order chi connectivity index (χ0) is 26.9. The van der Waals surface area contributed by atoms with E-state index in [2.05, 4.69) is 4.98 Å². The van der Waals surface area contributed by atoms with Gasteiger partial charge in [-0.25, -0.2) is 4.98 Å². The highest BCUT2D eigenvalue weighted by Crippen LogP contribution is 2.54. The number of pyridine rings is 1. The Hall–Kier alpha value is -5.04. The van der Waals surface area contributed by atoms with Crippen molar-refractivity contribution in [3.63, 3.8) is 0 Å². The van der Waals surface area contributed by atoms with Crippen LogP contribution in [0.4, 0.5) is 11.5 Å². The van der Waals surface area contributed by atoms with Gasteiger partial charge in [-0.15, -0.1) is 0 Å². The Morgan fingerprint density at radius 2 is 1.59 bits per heavy atom. The molecule has 0 fully saturated rings. The van der Waals surface area contributed by atoms with Crippen molar-refractivity contribution in [2.24, 2.45) is 0 Å². The van der Waals surface area contributed by atoms with Crippen molar-refractivity contribution in [2.75, 3.05) is 9.80 Å². The molecular weight excluding hydrogens is 490 g/mol. The summed E-state index contributed by atoms with van der Waals surface area (Å²) < 4.78 is 6.15. The molecule has 1 atom stereocenters. The van der Waals surface area contributed by atoms with E-state index >= 15 is 0 Å². The van der Waals surface area contributed by atoms with Gasteiger partial charge in [-0.2, -0.15) is 0 Å². The number of hydrogen-bond acceptors (Lipinski definition) is 5. The molecule has 2 aliphatic heterocycles. The highest BCUT2D eigenvalue weighted by molar-refractivity contribution is 6.24. The van der Waals surface area contributed by atoms with Crippen molar-refractivity contribution in [1.82, 2.24) is 4.98 Å². The molecular formula is C32H23N3O4. The van der Waals surface area contributed by atoms with Crippen LogP contribution in [0.5, 0.6) is 0 Å². The van der Waals surface area contributed by atoms with E-state index in [1.165, 1.54) is 4.90 Å². The number of carbonyl (C=O) groups is 2. The van der Waals surface area contributed by atoms with Gasteiger partial charge in [0.15, 0.2) is 11.0 Å². The van der Waals surface area contributed by atoms with Crippen LogP contribution >= 0.6 is 0 Å².